The van der Waals surface area contributed by atoms with Gasteiger partial charge >= 0.3 is 0 Å². The van der Waals surface area contributed by atoms with Gasteiger partial charge in [-0.2, -0.15) is 5.10 Å². The van der Waals surface area contributed by atoms with Crippen LogP contribution in [0.1, 0.15) is 57.4 Å². The zero-order chi connectivity index (χ0) is 24.9. The van der Waals surface area contributed by atoms with Crippen LogP contribution in [0.15, 0.2) is 36.9 Å². The number of sulfonamides is 1. The first kappa shape index (κ1) is 26.1. The molecule has 2 fully saturated rings. The van der Waals surface area contributed by atoms with Crippen molar-refractivity contribution >= 4 is 27.5 Å². The monoisotopic (exact) mass is 521 g/mol. The summed E-state index contributed by atoms with van der Waals surface area (Å²) in [5.41, 5.74) is 0.950. The zero-order valence-electron chi connectivity index (χ0n) is 20.4. The van der Waals surface area contributed by atoms with Crippen LogP contribution in [0.25, 0.3) is 0 Å². The van der Waals surface area contributed by atoms with Gasteiger partial charge < -0.3 is 4.90 Å². The summed E-state index contributed by atoms with van der Waals surface area (Å²) in [7, 11) is -3.55. The van der Waals surface area contributed by atoms with Gasteiger partial charge in [-0.1, -0.05) is 43.0 Å². The van der Waals surface area contributed by atoms with E-state index in [0.29, 0.717) is 30.5 Å². The first-order valence-electron chi connectivity index (χ1n) is 12.7. The van der Waals surface area contributed by atoms with Gasteiger partial charge in [-0.05, 0) is 68.1 Å². The topological polar surface area (TPSA) is 97.2 Å². The Hall–Kier alpha value is -1.97. The van der Waals surface area contributed by atoms with E-state index in [0.717, 1.165) is 24.9 Å². The average molecular weight is 522 g/mol. The highest BCUT2D eigenvalue weighted by Crippen LogP contribution is 2.47. The van der Waals surface area contributed by atoms with Crippen LogP contribution in [-0.4, -0.2) is 58.9 Å². The second kappa shape index (κ2) is 11.4. The Morgan fingerprint density at radius 2 is 1.86 bits per heavy atom. The second-order valence-corrected chi connectivity index (χ2v) is 12.5. The zero-order valence-corrected chi connectivity index (χ0v) is 22.0. The Morgan fingerprint density at radius 1 is 1.17 bits per heavy atom. The number of rotatable bonds is 9. The van der Waals surface area contributed by atoms with Crippen LogP contribution < -0.4 is 4.72 Å². The normalized spacial score (nSPS) is 20.0. The fraction of sp³-hybridized carbons (Fsp3) is 0.640. The van der Waals surface area contributed by atoms with Crippen molar-refractivity contribution in [2.75, 3.05) is 18.8 Å². The minimum absolute atomic E-state index is 0.0694. The molecule has 1 atom stereocenters. The third-order valence-electron chi connectivity index (χ3n) is 7.84. The van der Waals surface area contributed by atoms with E-state index in [1.165, 1.54) is 32.1 Å². The molecule has 1 aromatic heterocycles. The molecule has 0 bridgehead atoms. The van der Waals surface area contributed by atoms with Gasteiger partial charge in [0.25, 0.3) is 0 Å². The highest BCUT2D eigenvalue weighted by Gasteiger charge is 2.44. The second-order valence-electron chi connectivity index (χ2n) is 10.0. The number of halogens is 1. The van der Waals surface area contributed by atoms with Crippen molar-refractivity contribution in [3.8, 4) is 0 Å². The number of amides is 1. The third-order valence-corrected chi connectivity index (χ3v) is 9.49. The number of nitrogens with one attached hydrogen (secondary N) is 1. The summed E-state index contributed by atoms with van der Waals surface area (Å²) in [6.45, 7) is 3.64. The first-order valence-corrected chi connectivity index (χ1v) is 14.7. The maximum atomic E-state index is 13.6. The standard InChI is InChI=1S/C25H36ClN5O3S/c1-2-35(33,34)29-23(16-20-8-10-22(26)11-9-20)24(32)30-14-12-25(13-15-30,17-31-19-27-18-28-31)21-6-4-3-5-7-21/h8-11,18-19,21,23,29H,2-7,12-17H2,1H3/t23-/m0/s1. The van der Waals surface area contributed by atoms with Crippen LogP contribution in [0, 0.1) is 11.3 Å². The molecule has 0 radical (unpaired) electrons. The van der Waals surface area contributed by atoms with Crippen molar-refractivity contribution in [3.05, 3.63) is 47.5 Å². The van der Waals surface area contributed by atoms with Gasteiger partial charge in [-0.15, -0.1) is 0 Å². The van der Waals surface area contributed by atoms with Gasteiger partial charge in [0.05, 0.1) is 5.75 Å². The Morgan fingerprint density at radius 3 is 2.46 bits per heavy atom. The summed E-state index contributed by atoms with van der Waals surface area (Å²) in [5, 5.41) is 4.98. The smallest absolute Gasteiger partial charge is 0.241 e. The lowest BCUT2D eigenvalue weighted by Gasteiger charge is -2.48. The molecule has 192 valence electrons. The van der Waals surface area contributed by atoms with Crippen molar-refractivity contribution < 1.29 is 13.2 Å². The third kappa shape index (κ3) is 6.62. The number of carbonyl (C=O) groups excluding carboxylic acids is 1. The number of piperidine rings is 1. The van der Waals surface area contributed by atoms with Crippen molar-refractivity contribution in [2.24, 2.45) is 11.3 Å². The van der Waals surface area contributed by atoms with Gasteiger partial charge in [0, 0.05) is 24.7 Å². The Balaban J connectivity index is 1.49. The number of aromatic nitrogens is 3. The van der Waals surface area contributed by atoms with E-state index in [1.807, 2.05) is 21.7 Å². The van der Waals surface area contributed by atoms with E-state index in [-0.39, 0.29) is 17.1 Å². The molecule has 1 saturated heterocycles. The summed E-state index contributed by atoms with van der Waals surface area (Å²) in [4.78, 5) is 19.6. The summed E-state index contributed by atoms with van der Waals surface area (Å²) < 4.78 is 29.4. The predicted molar refractivity (Wildman–Crippen MR) is 136 cm³/mol. The van der Waals surface area contributed by atoms with E-state index in [9.17, 15) is 13.2 Å². The molecule has 1 N–H and O–H groups in total. The molecule has 1 aliphatic carbocycles. The molecule has 2 aliphatic rings. The number of hydrogen-bond donors (Lipinski definition) is 1. The lowest BCUT2D eigenvalue weighted by Crippen LogP contribution is -2.54. The summed E-state index contributed by atoms with van der Waals surface area (Å²) in [6, 6.07) is 6.36. The molecule has 35 heavy (non-hydrogen) atoms. The van der Waals surface area contributed by atoms with E-state index >= 15 is 0 Å². The molecule has 1 aliphatic heterocycles. The molecular formula is C25H36ClN5O3S. The van der Waals surface area contributed by atoms with Gasteiger partial charge in [0.1, 0.15) is 18.7 Å². The fourth-order valence-corrected chi connectivity index (χ4v) is 6.69. The van der Waals surface area contributed by atoms with Crippen molar-refractivity contribution in [1.82, 2.24) is 24.4 Å². The Labute approximate surface area is 213 Å². The van der Waals surface area contributed by atoms with E-state index in [2.05, 4.69) is 14.8 Å². The van der Waals surface area contributed by atoms with Gasteiger partial charge in [0.2, 0.25) is 15.9 Å². The molecule has 1 saturated carbocycles. The number of hydrogen-bond acceptors (Lipinski definition) is 5. The van der Waals surface area contributed by atoms with E-state index in [4.69, 9.17) is 11.6 Å². The molecule has 4 rings (SSSR count). The Kier molecular flexibility index (Phi) is 8.50. The lowest BCUT2D eigenvalue weighted by molar-refractivity contribution is -0.136. The maximum Gasteiger partial charge on any atom is 0.241 e. The molecule has 1 aromatic carbocycles. The molecule has 10 heteroatoms. The molecule has 1 amide bonds. The van der Waals surface area contributed by atoms with Crippen LogP contribution in [0.4, 0.5) is 0 Å². The van der Waals surface area contributed by atoms with E-state index in [1.54, 1.807) is 31.7 Å². The average Bonchev–Trinajstić information content (AvgIpc) is 3.38. The Bertz CT molecular complexity index is 1060. The summed E-state index contributed by atoms with van der Waals surface area (Å²) >= 11 is 6.01. The van der Waals surface area contributed by atoms with Crippen LogP contribution in [-0.2, 0) is 27.8 Å². The van der Waals surface area contributed by atoms with Crippen molar-refractivity contribution in [3.63, 3.8) is 0 Å². The van der Waals surface area contributed by atoms with Crippen LogP contribution >= 0.6 is 11.6 Å². The highest BCUT2D eigenvalue weighted by molar-refractivity contribution is 7.89. The molecule has 0 unspecified atom stereocenters. The minimum Gasteiger partial charge on any atom is -0.341 e. The largest absolute Gasteiger partial charge is 0.341 e. The maximum absolute atomic E-state index is 13.6. The van der Waals surface area contributed by atoms with Crippen LogP contribution in [0.5, 0.6) is 0 Å². The summed E-state index contributed by atoms with van der Waals surface area (Å²) in [5.74, 6) is 0.385. The van der Waals surface area contributed by atoms with Gasteiger partial charge in [-0.25, -0.2) is 18.1 Å². The molecule has 0 spiro atoms. The van der Waals surface area contributed by atoms with E-state index < -0.39 is 16.1 Å². The predicted octanol–water partition coefficient (Wildman–Crippen LogP) is 3.67. The number of benzene rings is 1. The van der Waals surface area contributed by atoms with Gasteiger partial charge in [0.15, 0.2) is 0 Å². The SMILES string of the molecule is CCS(=O)(=O)N[C@@H](Cc1ccc(Cl)cc1)C(=O)N1CCC(Cn2cncn2)(C2CCCCC2)CC1. The van der Waals surface area contributed by atoms with Crippen LogP contribution in [0.3, 0.4) is 0 Å². The van der Waals surface area contributed by atoms with Gasteiger partial charge in [-0.3, -0.25) is 9.48 Å². The highest BCUT2D eigenvalue weighted by atomic mass is 35.5. The lowest BCUT2D eigenvalue weighted by atomic mass is 9.63. The number of likely N-dealkylation sites (tertiary alicyclic amines) is 1. The van der Waals surface area contributed by atoms with Crippen molar-refractivity contribution in [1.29, 1.82) is 0 Å². The molecule has 2 heterocycles. The molecular weight excluding hydrogens is 486 g/mol. The van der Waals surface area contributed by atoms with Crippen LogP contribution in [0.2, 0.25) is 5.02 Å². The number of nitrogens with zero attached hydrogens (tertiary/aromatic N) is 4. The molecule has 8 nitrogen and oxygen atoms in total. The molecule has 2 aromatic rings. The summed E-state index contributed by atoms with van der Waals surface area (Å²) in [6.07, 6.45) is 11.7. The first-order chi connectivity index (χ1) is 16.8. The van der Waals surface area contributed by atoms with Crippen molar-refractivity contribution in [2.45, 2.75) is 70.9 Å². The minimum atomic E-state index is -3.55. The number of carbonyl (C=O) groups is 1. The fourth-order valence-electron chi connectivity index (χ4n) is 5.78. The quantitative estimate of drug-likeness (QED) is 0.543.